The second-order valence-electron chi connectivity index (χ2n) is 2.49. The lowest BCUT2D eigenvalue weighted by Gasteiger charge is -1.96. The van der Waals surface area contributed by atoms with E-state index in [1.807, 2.05) is 4.98 Å². The Morgan fingerprint density at radius 3 is 2.29 bits per heavy atom. The number of hydrogen-bond donors (Lipinski definition) is 1. The third-order valence-electron chi connectivity index (χ3n) is 1.66. The van der Waals surface area contributed by atoms with E-state index in [4.69, 9.17) is 0 Å². The van der Waals surface area contributed by atoms with Crippen LogP contribution in [0.5, 0.6) is 0 Å². The van der Waals surface area contributed by atoms with Crippen LogP contribution in [-0.2, 0) is 0 Å². The van der Waals surface area contributed by atoms with E-state index in [1.54, 1.807) is 0 Å². The zero-order chi connectivity index (χ0) is 10.9. The molecule has 1 aromatic heterocycles. The van der Waals surface area contributed by atoms with Crippen LogP contribution in [0, 0.1) is 27.2 Å². The lowest BCUT2D eigenvalue weighted by molar-refractivity contribution is -0.423. The molecule has 0 radical (unpaired) electrons. The average molecular weight is 199 g/mol. The third-order valence-corrected chi connectivity index (χ3v) is 1.66. The minimum atomic E-state index is -0.942. The van der Waals surface area contributed by atoms with Crippen molar-refractivity contribution in [3.63, 3.8) is 0 Å². The first-order valence-electron chi connectivity index (χ1n) is 3.46. The van der Waals surface area contributed by atoms with E-state index in [0.29, 0.717) is 6.20 Å². The fourth-order valence-corrected chi connectivity index (χ4v) is 0.980. The average Bonchev–Trinajstić information content (AvgIpc) is 2.08. The lowest BCUT2D eigenvalue weighted by Crippen LogP contribution is -2.13. The largest absolute Gasteiger partial charge is 0.362 e. The molecule has 0 aliphatic rings. The fraction of sp³-hybridized carbons (Fsp3) is 0.167. The maximum absolute atomic E-state index is 10.9. The van der Waals surface area contributed by atoms with Crippen molar-refractivity contribution in [1.82, 2.24) is 4.98 Å². The zero-order valence-corrected chi connectivity index (χ0v) is 7.01. The first-order valence-corrected chi connectivity index (χ1v) is 3.46. The summed E-state index contributed by atoms with van der Waals surface area (Å²) in [7, 11) is 0. The maximum atomic E-state index is 10.9. The van der Waals surface area contributed by atoms with Crippen LogP contribution < -0.4 is 5.56 Å². The molecule has 1 rings (SSSR count). The predicted molar refractivity (Wildman–Crippen MR) is 45.1 cm³/mol. The maximum Gasteiger partial charge on any atom is 0.362 e. The molecule has 0 atom stereocenters. The molecular weight excluding hydrogens is 194 g/mol. The SMILES string of the molecule is Cc1c([N+](=O)[O-])c([N+](=O)[O-])c[nH]c1=O. The summed E-state index contributed by atoms with van der Waals surface area (Å²) in [5.41, 5.74) is -2.46. The molecule has 0 spiro atoms. The quantitative estimate of drug-likeness (QED) is 0.549. The van der Waals surface area contributed by atoms with Crippen molar-refractivity contribution in [3.8, 4) is 0 Å². The Balaban J connectivity index is 3.62. The van der Waals surface area contributed by atoms with Gasteiger partial charge in [0, 0.05) is 0 Å². The first kappa shape index (κ1) is 9.84. The monoisotopic (exact) mass is 199 g/mol. The molecule has 0 bridgehead atoms. The fourth-order valence-electron chi connectivity index (χ4n) is 0.980. The Hall–Kier alpha value is -2.25. The van der Waals surface area contributed by atoms with E-state index in [9.17, 15) is 25.0 Å². The number of rotatable bonds is 2. The van der Waals surface area contributed by atoms with Gasteiger partial charge in [0.1, 0.15) is 0 Å². The van der Waals surface area contributed by atoms with E-state index < -0.39 is 26.8 Å². The number of nitrogens with zero attached hydrogens (tertiary/aromatic N) is 2. The van der Waals surface area contributed by atoms with Crippen molar-refractivity contribution < 1.29 is 9.85 Å². The number of nitro groups is 2. The van der Waals surface area contributed by atoms with E-state index in [-0.39, 0.29) is 5.56 Å². The molecule has 0 aromatic carbocycles. The summed E-state index contributed by atoms with van der Waals surface area (Å²) >= 11 is 0. The molecule has 0 aliphatic heterocycles. The van der Waals surface area contributed by atoms with Crippen molar-refractivity contribution in [2.45, 2.75) is 6.92 Å². The highest BCUT2D eigenvalue weighted by Crippen LogP contribution is 2.26. The summed E-state index contributed by atoms with van der Waals surface area (Å²) in [6.07, 6.45) is 0.716. The summed E-state index contributed by atoms with van der Waals surface area (Å²) in [5.74, 6) is 0. The van der Waals surface area contributed by atoms with Gasteiger partial charge in [-0.15, -0.1) is 0 Å². The van der Waals surface area contributed by atoms with Gasteiger partial charge in [0.2, 0.25) is 0 Å². The van der Waals surface area contributed by atoms with Gasteiger partial charge in [-0.25, -0.2) is 0 Å². The van der Waals surface area contributed by atoms with Crippen LogP contribution >= 0.6 is 0 Å². The predicted octanol–water partition coefficient (Wildman–Crippen LogP) is 0.500. The summed E-state index contributed by atoms with van der Waals surface area (Å²) in [6, 6.07) is 0. The Kier molecular flexibility index (Phi) is 2.28. The highest BCUT2D eigenvalue weighted by molar-refractivity contribution is 5.54. The van der Waals surface area contributed by atoms with Crippen LogP contribution in [0.15, 0.2) is 11.0 Å². The van der Waals surface area contributed by atoms with Gasteiger partial charge in [0.05, 0.1) is 21.6 Å². The Morgan fingerprint density at radius 1 is 1.29 bits per heavy atom. The molecule has 8 heteroatoms. The molecule has 1 aromatic rings. The number of pyridine rings is 1. The smallest absolute Gasteiger partial charge is 0.322 e. The van der Waals surface area contributed by atoms with E-state index in [1.165, 1.54) is 0 Å². The third kappa shape index (κ3) is 1.44. The van der Waals surface area contributed by atoms with Gasteiger partial charge in [0.25, 0.3) is 5.56 Å². The molecular formula is C6H5N3O5. The van der Waals surface area contributed by atoms with Gasteiger partial charge >= 0.3 is 11.4 Å². The summed E-state index contributed by atoms with van der Waals surface area (Å²) in [6.45, 7) is 1.16. The lowest BCUT2D eigenvalue weighted by atomic mass is 10.2. The second kappa shape index (κ2) is 3.24. The van der Waals surface area contributed by atoms with Gasteiger partial charge < -0.3 is 4.98 Å². The Bertz CT molecular complexity index is 463. The number of H-pyrrole nitrogens is 1. The summed E-state index contributed by atoms with van der Waals surface area (Å²) in [5, 5.41) is 20.8. The van der Waals surface area contributed by atoms with Gasteiger partial charge in [-0.1, -0.05) is 0 Å². The van der Waals surface area contributed by atoms with Crippen molar-refractivity contribution in [2.24, 2.45) is 0 Å². The molecule has 0 amide bonds. The molecule has 74 valence electrons. The number of nitrogens with one attached hydrogen (secondary N) is 1. The summed E-state index contributed by atoms with van der Waals surface area (Å²) in [4.78, 5) is 31.9. The van der Waals surface area contributed by atoms with E-state index in [2.05, 4.69) is 0 Å². The topological polar surface area (TPSA) is 119 Å². The number of aromatic nitrogens is 1. The van der Waals surface area contributed by atoms with Crippen LogP contribution in [0.1, 0.15) is 5.56 Å². The minimum absolute atomic E-state index is 0.274. The molecule has 0 aliphatic carbocycles. The van der Waals surface area contributed by atoms with Crippen molar-refractivity contribution in [2.75, 3.05) is 0 Å². The molecule has 1 N–H and O–H groups in total. The van der Waals surface area contributed by atoms with Crippen LogP contribution in [0.3, 0.4) is 0 Å². The van der Waals surface area contributed by atoms with Crippen LogP contribution in [0.2, 0.25) is 0 Å². The molecule has 0 unspecified atom stereocenters. The van der Waals surface area contributed by atoms with E-state index in [0.717, 1.165) is 6.92 Å². The van der Waals surface area contributed by atoms with Crippen molar-refractivity contribution in [3.05, 3.63) is 42.3 Å². The molecule has 0 fully saturated rings. The highest BCUT2D eigenvalue weighted by Gasteiger charge is 2.28. The van der Waals surface area contributed by atoms with E-state index >= 15 is 0 Å². The first-order chi connectivity index (χ1) is 6.45. The number of aromatic amines is 1. The zero-order valence-electron chi connectivity index (χ0n) is 7.01. The highest BCUT2D eigenvalue weighted by atomic mass is 16.6. The molecule has 14 heavy (non-hydrogen) atoms. The Labute approximate surface area is 76.5 Å². The molecule has 0 saturated heterocycles. The summed E-state index contributed by atoms with van der Waals surface area (Å²) < 4.78 is 0. The van der Waals surface area contributed by atoms with Crippen LogP contribution in [0.4, 0.5) is 11.4 Å². The Morgan fingerprint density at radius 2 is 1.86 bits per heavy atom. The van der Waals surface area contributed by atoms with Crippen molar-refractivity contribution >= 4 is 11.4 Å². The second-order valence-corrected chi connectivity index (χ2v) is 2.49. The van der Waals surface area contributed by atoms with Gasteiger partial charge in [-0.05, 0) is 6.92 Å². The molecule has 0 saturated carbocycles. The molecule has 1 heterocycles. The number of hydrogen-bond acceptors (Lipinski definition) is 5. The normalized spacial score (nSPS) is 9.79. The van der Waals surface area contributed by atoms with Gasteiger partial charge in [-0.2, -0.15) is 0 Å². The van der Waals surface area contributed by atoms with Gasteiger partial charge in [0.15, 0.2) is 0 Å². The standard InChI is InChI=1S/C6H5N3O5/c1-3-5(9(13)14)4(8(11)12)2-7-6(3)10/h2H,1H3,(H,7,10). The van der Waals surface area contributed by atoms with Crippen molar-refractivity contribution in [1.29, 1.82) is 0 Å². The van der Waals surface area contributed by atoms with Crippen LogP contribution in [-0.4, -0.2) is 14.8 Å². The van der Waals surface area contributed by atoms with Crippen LogP contribution in [0.25, 0.3) is 0 Å². The van der Waals surface area contributed by atoms with Gasteiger partial charge in [-0.3, -0.25) is 25.0 Å². The molecule has 8 nitrogen and oxygen atoms in total. The minimum Gasteiger partial charge on any atom is -0.322 e.